The molecular weight excluding hydrogens is 498 g/mol. The molecule has 1 aromatic heterocycles. The van der Waals surface area contributed by atoms with Crippen LogP contribution in [0.1, 0.15) is 55.4 Å². The number of nitrogens with one attached hydrogen (secondary N) is 3. The molecule has 1 fully saturated rings. The number of hydrogen-bond acceptors (Lipinski definition) is 6. The highest BCUT2D eigenvalue weighted by molar-refractivity contribution is 7.90. The molecule has 1 aliphatic rings. The number of carboxylic acid groups (broad SMARTS) is 1. The van der Waals surface area contributed by atoms with Crippen molar-refractivity contribution in [2.24, 2.45) is 0 Å². The Morgan fingerprint density at radius 2 is 1.84 bits per heavy atom. The molecular formula is C25H29N5O6S. The van der Waals surface area contributed by atoms with Gasteiger partial charge in [-0.3, -0.25) is 9.59 Å². The third kappa shape index (κ3) is 5.58. The maximum Gasteiger partial charge on any atom is 0.323 e. The molecule has 196 valence electrons. The lowest BCUT2D eigenvalue weighted by Gasteiger charge is -2.30. The molecule has 0 radical (unpaired) electrons. The van der Waals surface area contributed by atoms with Crippen LogP contribution in [0, 0.1) is 0 Å². The average molecular weight is 528 g/mol. The fourth-order valence-corrected chi connectivity index (χ4v) is 6.72. The Hall–Kier alpha value is -3.93. The normalized spacial score (nSPS) is 18.1. The topological polar surface area (TPSA) is 162 Å². The number of para-hydroxylation sites is 2. The molecule has 2 heterocycles. The molecule has 3 amide bonds. The second-order valence-corrected chi connectivity index (χ2v) is 11.9. The van der Waals surface area contributed by atoms with E-state index >= 15 is 0 Å². The monoisotopic (exact) mass is 527 g/mol. The molecule has 0 spiro atoms. The van der Waals surface area contributed by atoms with Gasteiger partial charge in [0.2, 0.25) is 15.9 Å². The van der Waals surface area contributed by atoms with Crippen molar-refractivity contribution in [3.63, 3.8) is 0 Å². The van der Waals surface area contributed by atoms with E-state index in [9.17, 15) is 22.8 Å². The third-order valence-corrected chi connectivity index (χ3v) is 8.46. The SMILES string of the molecule is CC(C)(C)N1C(=O)CC(c2ccc(C[C@H](NC(=O)NCC(=O)O)c3nc4ccccc4[nH]3)cc2)S1(=O)=O. The number of imidazole rings is 1. The molecule has 4 N–H and O–H groups in total. The standard InChI is InChI=1S/C25H29N5O6S/c1-25(2,3)30-21(31)13-20(37(30,35)36)16-10-8-15(9-11-16)12-19(29-24(34)26-14-22(32)33)23-27-17-6-4-5-7-18(17)28-23/h4-11,19-20H,12-14H2,1-3H3,(H,27,28)(H,32,33)(H2,26,29,34)/t19-,20?/m0/s1. The minimum absolute atomic E-state index is 0.119. The first-order valence-electron chi connectivity index (χ1n) is 11.7. The van der Waals surface area contributed by atoms with Crippen molar-refractivity contribution >= 4 is 39.0 Å². The fourth-order valence-electron chi connectivity index (χ4n) is 4.48. The van der Waals surface area contributed by atoms with Gasteiger partial charge in [-0.15, -0.1) is 0 Å². The number of hydrogen-bond donors (Lipinski definition) is 4. The van der Waals surface area contributed by atoms with Gasteiger partial charge in [0, 0.05) is 0 Å². The Morgan fingerprint density at radius 1 is 1.16 bits per heavy atom. The largest absolute Gasteiger partial charge is 0.480 e. The highest BCUT2D eigenvalue weighted by Crippen LogP contribution is 2.40. The van der Waals surface area contributed by atoms with Gasteiger partial charge in [-0.05, 0) is 50.5 Å². The Kier molecular flexibility index (Phi) is 6.96. The van der Waals surface area contributed by atoms with Gasteiger partial charge in [-0.25, -0.2) is 22.5 Å². The zero-order valence-electron chi connectivity index (χ0n) is 20.7. The average Bonchev–Trinajstić information content (AvgIpc) is 3.35. The number of H-pyrrole nitrogens is 1. The number of benzene rings is 2. The quantitative estimate of drug-likeness (QED) is 0.367. The number of aliphatic carboxylic acids is 1. The van der Waals surface area contributed by atoms with E-state index in [2.05, 4.69) is 20.6 Å². The zero-order valence-corrected chi connectivity index (χ0v) is 21.5. The molecule has 2 aromatic carbocycles. The summed E-state index contributed by atoms with van der Waals surface area (Å²) >= 11 is 0. The summed E-state index contributed by atoms with van der Waals surface area (Å²) in [5.74, 6) is -1.11. The highest BCUT2D eigenvalue weighted by Gasteiger charge is 2.49. The number of sulfonamides is 1. The number of aromatic nitrogens is 2. The Bertz CT molecular complexity index is 1410. The lowest BCUT2D eigenvalue weighted by molar-refractivity contribution is -0.135. The van der Waals surface area contributed by atoms with Crippen LogP contribution in [0.2, 0.25) is 0 Å². The summed E-state index contributed by atoms with van der Waals surface area (Å²) in [6, 6.07) is 13.0. The van der Waals surface area contributed by atoms with Gasteiger partial charge in [0.25, 0.3) is 0 Å². The van der Waals surface area contributed by atoms with Gasteiger partial charge in [0.05, 0.1) is 29.0 Å². The van der Waals surface area contributed by atoms with E-state index in [1.54, 1.807) is 45.0 Å². The van der Waals surface area contributed by atoms with E-state index in [1.807, 2.05) is 24.3 Å². The predicted molar refractivity (Wildman–Crippen MR) is 136 cm³/mol. The summed E-state index contributed by atoms with van der Waals surface area (Å²) < 4.78 is 27.2. The van der Waals surface area contributed by atoms with Crippen LogP contribution in [0.3, 0.4) is 0 Å². The van der Waals surface area contributed by atoms with Crippen LogP contribution in [0.25, 0.3) is 11.0 Å². The minimum Gasteiger partial charge on any atom is -0.480 e. The molecule has 1 saturated heterocycles. The van der Waals surface area contributed by atoms with Crippen molar-refractivity contribution in [2.75, 3.05) is 6.54 Å². The van der Waals surface area contributed by atoms with Crippen molar-refractivity contribution in [1.82, 2.24) is 24.9 Å². The van der Waals surface area contributed by atoms with Crippen LogP contribution in [0.4, 0.5) is 4.79 Å². The Labute approximate surface area is 214 Å². The summed E-state index contributed by atoms with van der Waals surface area (Å²) in [6.07, 6.45) is 0.178. The molecule has 3 aromatic rings. The lowest BCUT2D eigenvalue weighted by Crippen LogP contribution is -2.45. The maximum atomic E-state index is 13.1. The van der Waals surface area contributed by atoms with Gasteiger partial charge in [0.1, 0.15) is 17.6 Å². The lowest BCUT2D eigenvalue weighted by atomic mass is 10.0. The second kappa shape index (κ2) is 9.85. The summed E-state index contributed by atoms with van der Waals surface area (Å²) in [6.45, 7) is 4.52. The minimum atomic E-state index is -3.86. The number of carboxylic acids is 1. The number of aromatic amines is 1. The van der Waals surface area contributed by atoms with Crippen molar-refractivity contribution in [3.05, 3.63) is 65.5 Å². The van der Waals surface area contributed by atoms with Gasteiger partial charge in [0.15, 0.2) is 0 Å². The summed E-state index contributed by atoms with van der Waals surface area (Å²) in [7, 11) is -3.86. The number of carbonyl (C=O) groups is 3. The molecule has 0 aliphatic carbocycles. The molecule has 0 saturated carbocycles. The molecule has 1 aliphatic heterocycles. The first-order valence-corrected chi connectivity index (χ1v) is 13.2. The van der Waals surface area contributed by atoms with E-state index in [0.29, 0.717) is 23.3 Å². The first-order chi connectivity index (χ1) is 17.4. The number of urea groups is 1. The van der Waals surface area contributed by atoms with Crippen LogP contribution in [0.15, 0.2) is 48.5 Å². The molecule has 12 heteroatoms. The van der Waals surface area contributed by atoms with Crippen LogP contribution in [0.5, 0.6) is 0 Å². The van der Waals surface area contributed by atoms with Crippen LogP contribution in [-0.2, 0) is 26.0 Å². The van der Waals surface area contributed by atoms with E-state index in [4.69, 9.17) is 5.11 Å². The molecule has 11 nitrogen and oxygen atoms in total. The highest BCUT2D eigenvalue weighted by atomic mass is 32.2. The van der Waals surface area contributed by atoms with Crippen molar-refractivity contribution < 1.29 is 27.9 Å². The Morgan fingerprint density at radius 3 is 2.43 bits per heavy atom. The van der Waals surface area contributed by atoms with Crippen molar-refractivity contribution in [2.45, 2.75) is 50.4 Å². The smallest absolute Gasteiger partial charge is 0.323 e. The molecule has 0 bridgehead atoms. The van der Waals surface area contributed by atoms with Crippen LogP contribution >= 0.6 is 0 Å². The molecule has 1 unspecified atom stereocenters. The second-order valence-electron chi connectivity index (χ2n) is 9.92. The number of fused-ring (bicyclic) bond motifs is 1. The predicted octanol–water partition coefficient (Wildman–Crippen LogP) is 2.63. The van der Waals surface area contributed by atoms with E-state index in [0.717, 1.165) is 15.4 Å². The van der Waals surface area contributed by atoms with Crippen molar-refractivity contribution in [3.8, 4) is 0 Å². The van der Waals surface area contributed by atoms with Gasteiger partial charge < -0.3 is 20.7 Å². The zero-order chi connectivity index (χ0) is 27.0. The summed E-state index contributed by atoms with van der Waals surface area (Å²) in [5, 5.41) is 12.9. The Balaban J connectivity index is 1.57. The number of nitrogens with zero attached hydrogens (tertiary/aromatic N) is 2. The van der Waals surface area contributed by atoms with Gasteiger partial charge in [-0.2, -0.15) is 0 Å². The van der Waals surface area contributed by atoms with Crippen molar-refractivity contribution in [1.29, 1.82) is 0 Å². The number of amides is 3. The summed E-state index contributed by atoms with van der Waals surface area (Å²) in [4.78, 5) is 43.4. The third-order valence-electron chi connectivity index (χ3n) is 6.04. The van der Waals surface area contributed by atoms with E-state index in [1.165, 1.54) is 0 Å². The fraction of sp³-hybridized carbons (Fsp3) is 0.360. The van der Waals surface area contributed by atoms with Crippen LogP contribution in [-0.4, -0.2) is 57.8 Å². The van der Waals surface area contributed by atoms with E-state index in [-0.39, 0.29) is 6.42 Å². The number of rotatable bonds is 7. The van der Waals surface area contributed by atoms with Gasteiger partial charge >= 0.3 is 12.0 Å². The molecule has 4 rings (SSSR count). The maximum absolute atomic E-state index is 13.1. The molecule has 2 atom stereocenters. The van der Waals surface area contributed by atoms with Gasteiger partial charge in [-0.1, -0.05) is 36.4 Å². The first kappa shape index (κ1) is 26.1. The van der Waals surface area contributed by atoms with Crippen LogP contribution < -0.4 is 10.6 Å². The molecule has 37 heavy (non-hydrogen) atoms. The summed E-state index contributed by atoms with van der Waals surface area (Å²) in [5.41, 5.74) is 1.94. The van der Waals surface area contributed by atoms with E-state index < -0.39 is 51.3 Å². The number of carbonyl (C=O) groups excluding carboxylic acids is 2.